The summed E-state index contributed by atoms with van der Waals surface area (Å²) in [7, 11) is 0. The Balaban J connectivity index is 0.000000771. The molecular weight excluding hydrogens is 224 g/mol. The Labute approximate surface area is 110 Å². The molecule has 1 amide bonds. The van der Waals surface area contributed by atoms with Crippen LogP contribution in [0.25, 0.3) is 0 Å². The number of carbonyl (C=O) groups is 1. The van der Waals surface area contributed by atoms with Crippen LogP contribution >= 0.6 is 0 Å². The van der Waals surface area contributed by atoms with Crippen molar-refractivity contribution in [2.75, 3.05) is 18.0 Å². The number of hydrogen-bond donors (Lipinski definition) is 1. The standard InChI is InChI=1S/C13H18N2O.C2H6/c1-11(16)15(12-5-3-2-4-6-12)13-7-9-14-10-8-13;1-2/h2-6,13-14H,7-10H2,1H3;1-2H3. The maximum atomic E-state index is 11.7. The van der Waals surface area contributed by atoms with Crippen molar-refractivity contribution < 1.29 is 4.79 Å². The van der Waals surface area contributed by atoms with Crippen molar-refractivity contribution in [3.8, 4) is 0 Å². The third kappa shape index (κ3) is 3.84. The highest BCUT2D eigenvalue weighted by atomic mass is 16.2. The first-order valence-electron chi connectivity index (χ1n) is 6.84. The van der Waals surface area contributed by atoms with Crippen molar-refractivity contribution in [1.82, 2.24) is 5.32 Å². The molecule has 3 nitrogen and oxygen atoms in total. The lowest BCUT2D eigenvalue weighted by atomic mass is 10.0. The van der Waals surface area contributed by atoms with Crippen LogP contribution < -0.4 is 10.2 Å². The van der Waals surface area contributed by atoms with E-state index < -0.39 is 0 Å². The number of para-hydroxylation sites is 1. The van der Waals surface area contributed by atoms with Crippen LogP contribution in [0.5, 0.6) is 0 Å². The lowest BCUT2D eigenvalue weighted by Crippen LogP contribution is -2.45. The highest BCUT2D eigenvalue weighted by Crippen LogP contribution is 2.21. The van der Waals surface area contributed by atoms with Crippen molar-refractivity contribution in [2.24, 2.45) is 0 Å². The summed E-state index contributed by atoms with van der Waals surface area (Å²) in [6.07, 6.45) is 2.07. The van der Waals surface area contributed by atoms with E-state index in [2.05, 4.69) is 5.32 Å². The average molecular weight is 248 g/mol. The zero-order valence-electron chi connectivity index (χ0n) is 11.6. The minimum Gasteiger partial charge on any atom is -0.317 e. The van der Waals surface area contributed by atoms with E-state index in [9.17, 15) is 4.79 Å². The largest absolute Gasteiger partial charge is 0.317 e. The molecule has 0 radical (unpaired) electrons. The lowest BCUT2D eigenvalue weighted by molar-refractivity contribution is -0.117. The van der Waals surface area contributed by atoms with E-state index in [-0.39, 0.29) is 5.91 Å². The molecule has 0 spiro atoms. The molecule has 1 aliphatic rings. The van der Waals surface area contributed by atoms with Gasteiger partial charge in [-0.3, -0.25) is 4.79 Å². The Morgan fingerprint density at radius 3 is 2.22 bits per heavy atom. The number of nitrogens with zero attached hydrogens (tertiary/aromatic N) is 1. The van der Waals surface area contributed by atoms with Crippen LogP contribution in [0, 0.1) is 0 Å². The summed E-state index contributed by atoms with van der Waals surface area (Å²) < 4.78 is 0. The highest BCUT2D eigenvalue weighted by Gasteiger charge is 2.23. The molecule has 1 fully saturated rings. The van der Waals surface area contributed by atoms with Gasteiger partial charge in [-0.25, -0.2) is 0 Å². The second-order valence-electron chi connectivity index (χ2n) is 4.21. The Morgan fingerprint density at radius 2 is 1.72 bits per heavy atom. The average Bonchev–Trinajstić information content (AvgIpc) is 2.43. The molecule has 0 atom stereocenters. The molecule has 1 aromatic rings. The number of hydrogen-bond acceptors (Lipinski definition) is 2. The van der Waals surface area contributed by atoms with Gasteiger partial charge in [0.25, 0.3) is 0 Å². The van der Waals surface area contributed by atoms with Gasteiger partial charge in [0.05, 0.1) is 0 Å². The summed E-state index contributed by atoms with van der Waals surface area (Å²) in [6.45, 7) is 7.65. The van der Waals surface area contributed by atoms with Gasteiger partial charge >= 0.3 is 0 Å². The summed E-state index contributed by atoms with van der Waals surface area (Å²) in [5, 5.41) is 3.32. The fourth-order valence-electron chi connectivity index (χ4n) is 2.30. The van der Waals surface area contributed by atoms with Crippen LogP contribution in [0.2, 0.25) is 0 Å². The summed E-state index contributed by atoms with van der Waals surface area (Å²) in [5.41, 5.74) is 1.02. The molecule has 100 valence electrons. The SMILES string of the molecule is CC.CC(=O)N(c1ccccc1)C1CCNCC1. The number of benzene rings is 1. The Hall–Kier alpha value is -1.35. The highest BCUT2D eigenvalue weighted by molar-refractivity contribution is 5.92. The van der Waals surface area contributed by atoms with Gasteiger partial charge in [0.2, 0.25) is 5.91 Å². The van der Waals surface area contributed by atoms with Crippen molar-refractivity contribution in [3.05, 3.63) is 30.3 Å². The molecule has 1 aromatic carbocycles. The number of carbonyl (C=O) groups excluding carboxylic acids is 1. The maximum Gasteiger partial charge on any atom is 0.224 e. The normalized spacial score (nSPS) is 15.5. The zero-order valence-corrected chi connectivity index (χ0v) is 11.6. The molecule has 1 saturated heterocycles. The van der Waals surface area contributed by atoms with Crippen LogP contribution in [0.3, 0.4) is 0 Å². The lowest BCUT2D eigenvalue weighted by Gasteiger charge is -2.34. The van der Waals surface area contributed by atoms with Crippen LogP contribution in [0.4, 0.5) is 5.69 Å². The van der Waals surface area contributed by atoms with Crippen LogP contribution in [-0.4, -0.2) is 25.0 Å². The molecule has 0 saturated carbocycles. The molecule has 0 aromatic heterocycles. The number of piperidine rings is 1. The smallest absolute Gasteiger partial charge is 0.224 e. The number of rotatable bonds is 2. The van der Waals surface area contributed by atoms with Gasteiger partial charge < -0.3 is 10.2 Å². The molecule has 1 heterocycles. The van der Waals surface area contributed by atoms with Gasteiger partial charge in [-0.1, -0.05) is 32.0 Å². The van der Waals surface area contributed by atoms with Crippen LogP contribution in [0.1, 0.15) is 33.6 Å². The van der Waals surface area contributed by atoms with Crippen molar-refractivity contribution in [2.45, 2.75) is 39.7 Å². The van der Waals surface area contributed by atoms with E-state index in [1.807, 2.05) is 49.1 Å². The summed E-state index contributed by atoms with van der Waals surface area (Å²) >= 11 is 0. The number of nitrogens with one attached hydrogen (secondary N) is 1. The second-order valence-corrected chi connectivity index (χ2v) is 4.21. The van der Waals surface area contributed by atoms with E-state index in [1.54, 1.807) is 6.92 Å². The van der Waals surface area contributed by atoms with Crippen molar-refractivity contribution >= 4 is 11.6 Å². The first-order chi connectivity index (χ1) is 8.79. The van der Waals surface area contributed by atoms with Gasteiger partial charge in [0.1, 0.15) is 0 Å². The Morgan fingerprint density at radius 1 is 1.17 bits per heavy atom. The van der Waals surface area contributed by atoms with Crippen molar-refractivity contribution in [3.63, 3.8) is 0 Å². The predicted octanol–water partition coefficient (Wildman–Crippen LogP) is 2.82. The second kappa shape index (κ2) is 7.88. The fourth-order valence-corrected chi connectivity index (χ4v) is 2.30. The summed E-state index contributed by atoms with van der Waals surface area (Å²) in [4.78, 5) is 13.7. The van der Waals surface area contributed by atoms with E-state index in [0.29, 0.717) is 6.04 Å². The molecule has 0 unspecified atom stereocenters. The first-order valence-corrected chi connectivity index (χ1v) is 6.84. The molecule has 18 heavy (non-hydrogen) atoms. The fraction of sp³-hybridized carbons (Fsp3) is 0.533. The minimum atomic E-state index is 0.137. The molecule has 3 heteroatoms. The van der Waals surface area contributed by atoms with E-state index in [4.69, 9.17) is 0 Å². The first kappa shape index (κ1) is 14.7. The van der Waals surface area contributed by atoms with Gasteiger partial charge in [-0.05, 0) is 38.1 Å². The molecule has 2 rings (SSSR count). The number of anilines is 1. The quantitative estimate of drug-likeness (QED) is 0.873. The van der Waals surface area contributed by atoms with Crippen LogP contribution in [-0.2, 0) is 4.79 Å². The molecule has 0 aliphatic carbocycles. The van der Waals surface area contributed by atoms with Gasteiger partial charge in [-0.2, -0.15) is 0 Å². The van der Waals surface area contributed by atoms with Crippen molar-refractivity contribution in [1.29, 1.82) is 0 Å². The topological polar surface area (TPSA) is 32.3 Å². The predicted molar refractivity (Wildman–Crippen MR) is 76.8 cm³/mol. The Bertz CT molecular complexity index is 345. The molecule has 1 aliphatic heterocycles. The summed E-state index contributed by atoms with van der Waals surface area (Å²) in [5.74, 6) is 0.137. The van der Waals surface area contributed by atoms with E-state index in [0.717, 1.165) is 31.6 Å². The van der Waals surface area contributed by atoms with Gasteiger partial charge in [0, 0.05) is 18.7 Å². The summed E-state index contributed by atoms with van der Waals surface area (Å²) in [6, 6.07) is 10.3. The maximum absolute atomic E-state index is 11.7. The molecule has 0 bridgehead atoms. The molecule has 1 N–H and O–H groups in total. The molecular formula is C15H24N2O. The third-order valence-electron chi connectivity index (χ3n) is 3.05. The monoisotopic (exact) mass is 248 g/mol. The van der Waals surface area contributed by atoms with E-state index >= 15 is 0 Å². The van der Waals surface area contributed by atoms with Crippen LogP contribution in [0.15, 0.2) is 30.3 Å². The number of amides is 1. The van der Waals surface area contributed by atoms with Gasteiger partial charge in [0.15, 0.2) is 0 Å². The Kier molecular flexibility index (Phi) is 6.44. The van der Waals surface area contributed by atoms with Gasteiger partial charge in [-0.15, -0.1) is 0 Å². The van der Waals surface area contributed by atoms with E-state index in [1.165, 1.54) is 0 Å². The minimum absolute atomic E-state index is 0.137. The third-order valence-corrected chi connectivity index (χ3v) is 3.05. The zero-order chi connectivity index (χ0) is 13.4.